The molecule has 0 bridgehead atoms. The maximum absolute atomic E-state index is 12.0. The van der Waals surface area contributed by atoms with Crippen molar-refractivity contribution in [3.8, 4) is 5.75 Å². The molecule has 1 aromatic carbocycles. The van der Waals surface area contributed by atoms with Crippen molar-refractivity contribution in [3.05, 3.63) is 28.3 Å². The molecule has 0 saturated carbocycles. The fourth-order valence-corrected chi connectivity index (χ4v) is 2.55. The van der Waals surface area contributed by atoms with E-state index >= 15 is 0 Å². The fourth-order valence-electron chi connectivity index (χ4n) is 2.12. The Morgan fingerprint density at radius 2 is 2.32 bits per heavy atom. The van der Waals surface area contributed by atoms with E-state index in [1.54, 1.807) is 4.90 Å². The lowest BCUT2D eigenvalue weighted by Gasteiger charge is -2.19. The number of nitro benzene ring substituents is 1. The number of carbonyl (C=O) groups is 1. The van der Waals surface area contributed by atoms with Gasteiger partial charge >= 0.3 is 0 Å². The van der Waals surface area contributed by atoms with Gasteiger partial charge in [-0.3, -0.25) is 14.9 Å². The molecule has 2 rings (SSSR count). The molecule has 6 nitrogen and oxygen atoms in total. The minimum Gasteiger partial charge on any atom is -0.495 e. The van der Waals surface area contributed by atoms with E-state index in [0.29, 0.717) is 24.4 Å². The zero-order valence-corrected chi connectivity index (χ0v) is 11.9. The van der Waals surface area contributed by atoms with Crippen LogP contribution in [0.3, 0.4) is 0 Å². The van der Waals surface area contributed by atoms with Gasteiger partial charge in [0.2, 0.25) is 5.91 Å². The number of ether oxygens (including phenoxy) is 1. The Morgan fingerprint density at radius 3 is 2.84 bits per heavy atom. The highest BCUT2D eigenvalue weighted by Crippen LogP contribution is 2.36. The maximum atomic E-state index is 12.0. The molecule has 0 aliphatic carbocycles. The fraction of sp³-hybridized carbons (Fsp3) is 0.417. The summed E-state index contributed by atoms with van der Waals surface area (Å²) in [6, 6.07) is 4.26. The zero-order valence-electron chi connectivity index (χ0n) is 10.3. The number of amides is 1. The molecule has 0 aromatic heterocycles. The van der Waals surface area contributed by atoms with Gasteiger partial charge in [0.25, 0.3) is 5.69 Å². The van der Waals surface area contributed by atoms with Crippen LogP contribution in [-0.2, 0) is 4.79 Å². The van der Waals surface area contributed by atoms with E-state index in [-0.39, 0.29) is 17.5 Å². The number of nitro groups is 1. The highest BCUT2D eigenvalue weighted by Gasteiger charge is 2.32. The Balaban J connectivity index is 2.39. The Hall–Kier alpha value is -1.63. The molecule has 1 heterocycles. The topological polar surface area (TPSA) is 72.7 Å². The van der Waals surface area contributed by atoms with Crippen LogP contribution in [0, 0.1) is 16.0 Å². The van der Waals surface area contributed by atoms with Gasteiger partial charge in [-0.2, -0.15) is 0 Å². The summed E-state index contributed by atoms with van der Waals surface area (Å²) in [6.45, 7) is 0.543. The molecule has 19 heavy (non-hydrogen) atoms. The summed E-state index contributed by atoms with van der Waals surface area (Å²) in [6.07, 6.45) is 0.442. The first-order valence-corrected chi connectivity index (χ1v) is 6.87. The summed E-state index contributed by atoms with van der Waals surface area (Å²) >= 11 is 3.36. The van der Waals surface area contributed by atoms with E-state index in [9.17, 15) is 14.9 Å². The first kappa shape index (κ1) is 13.8. The van der Waals surface area contributed by atoms with Gasteiger partial charge in [-0.1, -0.05) is 15.9 Å². The van der Waals surface area contributed by atoms with E-state index in [1.807, 2.05) is 0 Å². The lowest BCUT2D eigenvalue weighted by molar-refractivity contribution is -0.384. The van der Waals surface area contributed by atoms with Crippen LogP contribution in [0.4, 0.5) is 11.4 Å². The molecular weight excluding hydrogens is 316 g/mol. The van der Waals surface area contributed by atoms with Crippen LogP contribution in [0.2, 0.25) is 0 Å². The number of carbonyl (C=O) groups excluding carboxylic acids is 1. The third-order valence-corrected chi connectivity index (χ3v) is 4.00. The minimum atomic E-state index is -0.481. The molecular formula is C12H13BrN2O4. The number of alkyl halides is 1. The van der Waals surface area contributed by atoms with Gasteiger partial charge in [-0.25, -0.2) is 0 Å². The average Bonchev–Trinajstić information content (AvgIpc) is 2.79. The van der Waals surface area contributed by atoms with Crippen molar-refractivity contribution in [1.82, 2.24) is 0 Å². The molecule has 0 radical (unpaired) electrons. The van der Waals surface area contributed by atoms with Crippen LogP contribution in [0.1, 0.15) is 6.42 Å². The predicted octanol–water partition coefficient (Wildman–Crippen LogP) is 2.35. The average molecular weight is 329 g/mol. The van der Waals surface area contributed by atoms with Gasteiger partial charge in [0.05, 0.1) is 17.7 Å². The number of nitrogens with zero attached hydrogens (tertiary/aromatic N) is 2. The van der Waals surface area contributed by atoms with Crippen molar-refractivity contribution >= 4 is 33.2 Å². The zero-order chi connectivity index (χ0) is 14.0. The van der Waals surface area contributed by atoms with Crippen molar-refractivity contribution < 1.29 is 14.5 Å². The van der Waals surface area contributed by atoms with E-state index in [2.05, 4.69) is 15.9 Å². The smallest absolute Gasteiger partial charge is 0.271 e. The molecule has 0 spiro atoms. The molecule has 1 aliphatic heterocycles. The lowest BCUT2D eigenvalue weighted by Crippen LogP contribution is -2.25. The number of hydrogen-bond acceptors (Lipinski definition) is 4. The van der Waals surface area contributed by atoms with Crippen molar-refractivity contribution in [2.75, 3.05) is 23.9 Å². The monoisotopic (exact) mass is 328 g/mol. The molecule has 0 N–H and O–H groups in total. The lowest BCUT2D eigenvalue weighted by atomic mass is 10.2. The molecule has 1 atom stereocenters. The normalized spacial score (nSPS) is 18.7. The van der Waals surface area contributed by atoms with Crippen molar-refractivity contribution in [2.45, 2.75) is 6.42 Å². The van der Waals surface area contributed by atoms with E-state index in [0.717, 1.165) is 5.33 Å². The van der Waals surface area contributed by atoms with Crippen molar-refractivity contribution in [1.29, 1.82) is 0 Å². The summed E-state index contributed by atoms with van der Waals surface area (Å²) in [5.41, 5.74) is 0.413. The molecule has 1 saturated heterocycles. The summed E-state index contributed by atoms with van der Waals surface area (Å²) < 4.78 is 5.18. The van der Waals surface area contributed by atoms with Crippen LogP contribution in [0.15, 0.2) is 18.2 Å². The van der Waals surface area contributed by atoms with E-state index < -0.39 is 4.92 Å². The number of hydrogen-bond donors (Lipinski definition) is 0. The van der Waals surface area contributed by atoms with Crippen LogP contribution in [-0.4, -0.2) is 29.8 Å². The Morgan fingerprint density at radius 1 is 1.58 bits per heavy atom. The second kappa shape index (κ2) is 5.56. The third-order valence-electron chi connectivity index (χ3n) is 3.09. The van der Waals surface area contributed by atoms with Gasteiger partial charge in [-0.05, 0) is 12.0 Å². The van der Waals surface area contributed by atoms with Crippen LogP contribution in [0.25, 0.3) is 0 Å². The standard InChI is InChI=1S/C12H13BrN2O4/c1-19-11-3-2-9(15(17)18)5-10(11)14-7-8(6-13)4-12(14)16/h2-3,5,8H,4,6-7H2,1H3. The molecule has 1 fully saturated rings. The molecule has 7 heteroatoms. The van der Waals surface area contributed by atoms with Crippen molar-refractivity contribution in [2.24, 2.45) is 5.92 Å². The Labute approximate surface area is 118 Å². The van der Waals surface area contributed by atoms with Crippen LogP contribution >= 0.6 is 15.9 Å². The number of benzene rings is 1. The first-order chi connectivity index (χ1) is 9.06. The molecule has 1 amide bonds. The minimum absolute atomic E-state index is 0.0387. The highest BCUT2D eigenvalue weighted by atomic mass is 79.9. The van der Waals surface area contributed by atoms with Gasteiger partial charge in [-0.15, -0.1) is 0 Å². The second-order valence-electron chi connectivity index (χ2n) is 4.34. The van der Waals surface area contributed by atoms with Gasteiger partial charge in [0.1, 0.15) is 5.75 Å². The molecule has 102 valence electrons. The largest absolute Gasteiger partial charge is 0.495 e. The maximum Gasteiger partial charge on any atom is 0.271 e. The van der Waals surface area contributed by atoms with Gasteiger partial charge in [0, 0.05) is 30.4 Å². The quantitative estimate of drug-likeness (QED) is 0.483. The first-order valence-electron chi connectivity index (χ1n) is 5.75. The summed E-state index contributed by atoms with van der Waals surface area (Å²) in [4.78, 5) is 23.9. The van der Waals surface area contributed by atoms with Crippen LogP contribution in [0.5, 0.6) is 5.75 Å². The third kappa shape index (κ3) is 2.70. The second-order valence-corrected chi connectivity index (χ2v) is 4.99. The molecule has 1 aromatic rings. The predicted molar refractivity (Wildman–Crippen MR) is 73.9 cm³/mol. The number of anilines is 1. The van der Waals surface area contributed by atoms with E-state index in [1.165, 1.54) is 25.3 Å². The Kier molecular flexibility index (Phi) is 4.04. The number of methoxy groups -OCH3 is 1. The number of halogens is 1. The summed E-state index contributed by atoms with van der Waals surface area (Å²) in [7, 11) is 1.48. The number of rotatable bonds is 4. The van der Waals surface area contributed by atoms with Gasteiger partial charge in [0.15, 0.2) is 0 Å². The summed E-state index contributed by atoms with van der Waals surface area (Å²) in [5.74, 6) is 0.647. The molecule has 1 aliphatic rings. The SMILES string of the molecule is COc1ccc([N+](=O)[O-])cc1N1CC(CBr)CC1=O. The van der Waals surface area contributed by atoms with Crippen molar-refractivity contribution in [3.63, 3.8) is 0 Å². The van der Waals surface area contributed by atoms with E-state index in [4.69, 9.17) is 4.74 Å². The molecule has 1 unspecified atom stereocenters. The highest BCUT2D eigenvalue weighted by molar-refractivity contribution is 9.09. The van der Waals surface area contributed by atoms with Gasteiger partial charge < -0.3 is 9.64 Å². The number of non-ortho nitro benzene ring substituents is 1. The summed E-state index contributed by atoms with van der Waals surface area (Å²) in [5, 5.41) is 11.6. The van der Waals surface area contributed by atoms with Crippen LogP contribution < -0.4 is 9.64 Å². The Bertz CT molecular complexity index is 520.